The molecule has 33 heavy (non-hydrogen) atoms. The first-order valence-electron chi connectivity index (χ1n) is 10.5. The highest BCUT2D eigenvalue weighted by Gasteiger charge is 2.15. The average Bonchev–Trinajstić information content (AvgIpc) is 3.24. The lowest BCUT2D eigenvalue weighted by atomic mass is 9.87. The number of rotatable bonds is 7. The summed E-state index contributed by atoms with van der Waals surface area (Å²) in [7, 11) is 0. The van der Waals surface area contributed by atoms with Crippen molar-refractivity contribution < 1.29 is 19.1 Å². The largest absolute Gasteiger partial charge is 0.454 e. The van der Waals surface area contributed by atoms with Crippen LogP contribution in [-0.2, 0) is 19.7 Å². The molecule has 0 aliphatic rings. The van der Waals surface area contributed by atoms with Crippen LogP contribution >= 0.6 is 11.3 Å². The van der Waals surface area contributed by atoms with E-state index >= 15 is 0 Å². The molecule has 8 heteroatoms. The Labute approximate surface area is 197 Å². The average molecular weight is 466 g/mol. The lowest BCUT2D eigenvalue weighted by Crippen LogP contribution is -2.32. The second-order valence-corrected chi connectivity index (χ2v) is 9.48. The van der Waals surface area contributed by atoms with E-state index in [4.69, 9.17) is 4.74 Å². The molecule has 2 amide bonds. The van der Waals surface area contributed by atoms with Gasteiger partial charge >= 0.3 is 5.97 Å². The lowest BCUT2D eigenvalue weighted by Gasteiger charge is -2.19. The molecule has 0 spiro atoms. The summed E-state index contributed by atoms with van der Waals surface area (Å²) in [6.45, 7) is 7.48. The van der Waals surface area contributed by atoms with Crippen molar-refractivity contribution in [3.63, 3.8) is 0 Å². The van der Waals surface area contributed by atoms with Gasteiger partial charge in [0.15, 0.2) is 11.7 Å². The van der Waals surface area contributed by atoms with Crippen molar-refractivity contribution >= 4 is 34.3 Å². The van der Waals surface area contributed by atoms with Crippen molar-refractivity contribution in [3.05, 3.63) is 70.6 Å². The van der Waals surface area contributed by atoms with Crippen LogP contribution in [0.2, 0.25) is 0 Å². The van der Waals surface area contributed by atoms with Gasteiger partial charge in [-0.1, -0.05) is 62.7 Å². The van der Waals surface area contributed by atoms with Crippen LogP contribution in [0.5, 0.6) is 0 Å². The molecule has 1 aromatic heterocycles. The zero-order valence-corrected chi connectivity index (χ0v) is 19.9. The minimum absolute atomic E-state index is 0.0136. The summed E-state index contributed by atoms with van der Waals surface area (Å²) >= 11 is 1.28. The molecule has 0 bridgehead atoms. The van der Waals surface area contributed by atoms with Gasteiger partial charge in [-0.15, -0.1) is 11.3 Å². The zero-order valence-electron chi connectivity index (χ0n) is 19.1. The van der Waals surface area contributed by atoms with Crippen molar-refractivity contribution in [1.29, 1.82) is 0 Å². The van der Waals surface area contributed by atoms with Crippen molar-refractivity contribution in [2.45, 2.75) is 33.1 Å². The van der Waals surface area contributed by atoms with Gasteiger partial charge in [0, 0.05) is 16.5 Å². The molecule has 0 unspecified atom stereocenters. The summed E-state index contributed by atoms with van der Waals surface area (Å²) in [5.74, 6) is -1.59. The third kappa shape index (κ3) is 6.98. The fraction of sp³-hybridized carbons (Fsp3) is 0.280. The molecule has 0 fully saturated rings. The van der Waals surface area contributed by atoms with Gasteiger partial charge in [0.1, 0.15) is 6.54 Å². The summed E-state index contributed by atoms with van der Waals surface area (Å²) in [4.78, 5) is 40.6. The number of carbonyl (C=O) groups is 3. The van der Waals surface area contributed by atoms with Crippen LogP contribution in [0.4, 0.5) is 5.13 Å². The maximum absolute atomic E-state index is 12.2. The molecule has 0 radical (unpaired) electrons. The summed E-state index contributed by atoms with van der Waals surface area (Å²) in [6, 6.07) is 15.1. The Hall–Kier alpha value is -3.52. The molecular weight excluding hydrogens is 438 g/mol. The quantitative estimate of drug-likeness (QED) is 0.506. The number of esters is 1. The predicted octanol–water partition coefficient (Wildman–Crippen LogP) is 4.33. The first kappa shape index (κ1) is 24.1. The van der Waals surface area contributed by atoms with Crippen molar-refractivity contribution in [2.24, 2.45) is 0 Å². The fourth-order valence-electron chi connectivity index (χ4n) is 2.92. The Kier molecular flexibility index (Phi) is 7.60. The number of aryl methyl sites for hydroxylation is 1. The SMILES string of the molecule is Cc1ccc(-c2csc(NC(=O)COC(=O)CNC(=O)c3ccc(C(C)(C)C)cc3)n2)cc1. The molecule has 0 saturated heterocycles. The molecule has 2 N–H and O–H groups in total. The van der Waals surface area contributed by atoms with E-state index in [1.807, 2.05) is 48.7 Å². The molecule has 172 valence electrons. The number of carbonyl (C=O) groups excluding carboxylic acids is 3. The van der Waals surface area contributed by atoms with Crippen molar-refractivity contribution in [3.8, 4) is 11.3 Å². The van der Waals surface area contributed by atoms with E-state index in [-0.39, 0.29) is 17.9 Å². The molecule has 0 aliphatic carbocycles. The molecule has 3 rings (SSSR count). The van der Waals surface area contributed by atoms with Crippen molar-refractivity contribution in [2.75, 3.05) is 18.5 Å². The minimum atomic E-state index is -0.704. The van der Waals surface area contributed by atoms with Gasteiger partial charge < -0.3 is 10.1 Å². The van der Waals surface area contributed by atoms with Gasteiger partial charge in [0.05, 0.1) is 5.69 Å². The summed E-state index contributed by atoms with van der Waals surface area (Å²) in [5, 5.41) is 7.37. The molecule has 1 heterocycles. The molecule has 0 saturated carbocycles. The molecule has 7 nitrogen and oxygen atoms in total. The van der Waals surface area contributed by atoms with E-state index in [0.29, 0.717) is 10.7 Å². The maximum atomic E-state index is 12.2. The number of nitrogens with zero attached hydrogens (tertiary/aromatic N) is 1. The van der Waals surface area contributed by atoms with Crippen LogP contribution in [-0.4, -0.2) is 35.9 Å². The van der Waals surface area contributed by atoms with Crippen LogP contribution in [0.25, 0.3) is 11.3 Å². The van der Waals surface area contributed by atoms with Gasteiger partial charge in [0.2, 0.25) is 0 Å². The highest BCUT2D eigenvalue weighted by molar-refractivity contribution is 7.14. The monoisotopic (exact) mass is 465 g/mol. The highest BCUT2D eigenvalue weighted by atomic mass is 32.1. The van der Waals surface area contributed by atoms with Gasteiger partial charge in [0.25, 0.3) is 11.8 Å². The number of nitrogens with one attached hydrogen (secondary N) is 2. The Balaban J connectivity index is 1.42. The third-order valence-electron chi connectivity index (χ3n) is 4.87. The predicted molar refractivity (Wildman–Crippen MR) is 129 cm³/mol. The Morgan fingerprint density at radius 1 is 1.00 bits per heavy atom. The summed E-state index contributed by atoms with van der Waals surface area (Å²) in [5.41, 5.74) is 4.40. The lowest BCUT2D eigenvalue weighted by molar-refractivity contribution is -0.146. The van der Waals surface area contributed by atoms with E-state index in [0.717, 1.165) is 22.4 Å². The number of aromatic nitrogens is 1. The molecule has 2 aromatic carbocycles. The van der Waals surface area contributed by atoms with Crippen LogP contribution < -0.4 is 10.6 Å². The van der Waals surface area contributed by atoms with Gasteiger partial charge in [-0.25, -0.2) is 4.98 Å². The molecule has 0 aliphatic heterocycles. The van der Waals surface area contributed by atoms with Crippen LogP contribution in [0.15, 0.2) is 53.9 Å². The molecular formula is C25H27N3O4S. The summed E-state index contributed by atoms with van der Waals surface area (Å²) in [6.07, 6.45) is 0. The number of thiazole rings is 1. The number of anilines is 1. The number of amides is 2. The van der Waals surface area contributed by atoms with Gasteiger partial charge in [-0.3, -0.25) is 19.7 Å². The number of benzene rings is 2. The van der Waals surface area contributed by atoms with E-state index in [2.05, 4.69) is 36.4 Å². The zero-order chi connectivity index (χ0) is 24.0. The standard InChI is InChI=1S/C25H27N3O4S/c1-16-5-7-17(8-6-16)20-15-33-24(27-20)28-21(29)14-32-22(30)13-26-23(31)18-9-11-19(12-10-18)25(2,3)4/h5-12,15H,13-14H2,1-4H3,(H,26,31)(H,27,28,29). The van der Waals surface area contributed by atoms with Crippen LogP contribution in [0.3, 0.4) is 0 Å². The normalized spacial score (nSPS) is 11.0. The first-order chi connectivity index (χ1) is 15.6. The van der Waals surface area contributed by atoms with E-state index in [1.54, 1.807) is 12.1 Å². The Bertz CT molecular complexity index is 1130. The van der Waals surface area contributed by atoms with E-state index < -0.39 is 18.5 Å². The summed E-state index contributed by atoms with van der Waals surface area (Å²) < 4.78 is 4.94. The number of ether oxygens (including phenoxy) is 1. The van der Waals surface area contributed by atoms with Gasteiger partial charge in [-0.05, 0) is 30.0 Å². The minimum Gasteiger partial charge on any atom is -0.454 e. The van der Waals surface area contributed by atoms with Crippen LogP contribution in [0.1, 0.15) is 42.3 Å². The van der Waals surface area contributed by atoms with E-state index in [1.165, 1.54) is 11.3 Å². The maximum Gasteiger partial charge on any atom is 0.325 e. The smallest absolute Gasteiger partial charge is 0.325 e. The highest BCUT2D eigenvalue weighted by Crippen LogP contribution is 2.25. The molecule has 0 atom stereocenters. The number of hydrogen-bond donors (Lipinski definition) is 2. The second-order valence-electron chi connectivity index (χ2n) is 8.62. The Morgan fingerprint density at radius 2 is 1.67 bits per heavy atom. The number of hydrogen-bond acceptors (Lipinski definition) is 6. The topological polar surface area (TPSA) is 97.4 Å². The second kappa shape index (κ2) is 10.4. The first-order valence-corrected chi connectivity index (χ1v) is 11.4. The third-order valence-corrected chi connectivity index (χ3v) is 5.63. The molecule has 3 aromatic rings. The van der Waals surface area contributed by atoms with E-state index in [9.17, 15) is 14.4 Å². The van der Waals surface area contributed by atoms with Crippen LogP contribution in [0, 0.1) is 6.92 Å². The van der Waals surface area contributed by atoms with Crippen molar-refractivity contribution in [1.82, 2.24) is 10.3 Å². The Morgan fingerprint density at radius 3 is 2.30 bits per heavy atom. The van der Waals surface area contributed by atoms with Gasteiger partial charge in [-0.2, -0.15) is 0 Å². The fourth-order valence-corrected chi connectivity index (χ4v) is 3.65.